The average molecular weight is 209 g/mol. The number of rotatable bonds is 4. The van der Waals surface area contributed by atoms with Crippen molar-refractivity contribution in [1.29, 1.82) is 0 Å². The first-order chi connectivity index (χ1) is 7.33. The largest absolute Gasteiger partial charge is 0.308 e. The Bertz CT molecular complexity index is 303. The molecule has 0 amide bonds. The van der Waals surface area contributed by atoms with Crippen molar-refractivity contribution in [3.63, 3.8) is 0 Å². The quantitative estimate of drug-likeness (QED) is 0.815. The van der Waals surface area contributed by atoms with Gasteiger partial charge in [-0.05, 0) is 36.7 Å². The van der Waals surface area contributed by atoms with Crippen molar-refractivity contribution in [1.82, 2.24) is 25.5 Å². The molecular weight excluding hydrogens is 190 g/mol. The molecule has 1 heterocycles. The predicted molar refractivity (Wildman–Crippen MR) is 57.4 cm³/mol. The first-order valence-electron chi connectivity index (χ1n) is 5.84. The number of aromatic nitrogens is 4. The van der Waals surface area contributed by atoms with Crippen LogP contribution in [0.4, 0.5) is 0 Å². The van der Waals surface area contributed by atoms with Gasteiger partial charge in [0, 0.05) is 0 Å². The normalized spacial score (nSPS) is 19.6. The van der Waals surface area contributed by atoms with Gasteiger partial charge < -0.3 is 5.32 Å². The van der Waals surface area contributed by atoms with Gasteiger partial charge in [0.1, 0.15) is 0 Å². The lowest BCUT2D eigenvalue weighted by molar-refractivity contribution is 0.413. The van der Waals surface area contributed by atoms with Crippen LogP contribution in [-0.2, 0) is 0 Å². The lowest BCUT2D eigenvalue weighted by Gasteiger charge is -2.15. The van der Waals surface area contributed by atoms with Crippen molar-refractivity contribution in [3.05, 3.63) is 5.82 Å². The molecule has 1 aliphatic carbocycles. The maximum Gasteiger partial charge on any atom is 0.168 e. The molecule has 1 fully saturated rings. The third-order valence-electron chi connectivity index (χ3n) is 3.09. The van der Waals surface area contributed by atoms with E-state index < -0.39 is 0 Å². The van der Waals surface area contributed by atoms with E-state index in [2.05, 4.69) is 34.7 Å². The summed E-state index contributed by atoms with van der Waals surface area (Å²) in [6, 6.07) is 0.765. The Morgan fingerprint density at radius 1 is 1.47 bits per heavy atom. The van der Waals surface area contributed by atoms with Crippen LogP contribution in [0.1, 0.15) is 57.4 Å². The van der Waals surface area contributed by atoms with Gasteiger partial charge in [0.25, 0.3) is 0 Å². The second-order valence-corrected chi connectivity index (χ2v) is 4.20. The van der Waals surface area contributed by atoms with Crippen molar-refractivity contribution in [2.75, 3.05) is 6.54 Å². The van der Waals surface area contributed by atoms with Gasteiger partial charge in [-0.1, -0.05) is 19.8 Å². The highest BCUT2D eigenvalue weighted by molar-refractivity contribution is 4.92. The number of nitrogens with one attached hydrogen (secondary N) is 1. The van der Waals surface area contributed by atoms with Crippen LogP contribution in [0.5, 0.6) is 0 Å². The fraction of sp³-hybridized carbons (Fsp3) is 0.900. The first-order valence-corrected chi connectivity index (χ1v) is 5.84. The molecule has 0 radical (unpaired) electrons. The summed E-state index contributed by atoms with van der Waals surface area (Å²) < 4.78 is 2.01. The highest BCUT2D eigenvalue weighted by Crippen LogP contribution is 2.30. The maximum absolute atomic E-state index is 4.12. The van der Waals surface area contributed by atoms with Crippen molar-refractivity contribution < 1.29 is 0 Å². The molecule has 0 aliphatic heterocycles. The van der Waals surface area contributed by atoms with Crippen molar-refractivity contribution in [2.24, 2.45) is 0 Å². The lowest BCUT2D eigenvalue weighted by Crippen LogP contribution is -2.23. The molecule has 1 N–H and O–H groups in total. The van der Waals surface area contributed by atoms with Gasteiger partial charge in [0.2, 0.25) is 0 Å². The van der Waals surface area contributed by atoms with Crippen LogP contribution >= 0.6 is 0 Å². The summed E-state index contributed by atoms with van der Waals surface area (Å²) in [5.41, 5.74) is 0. The third kappa shape index (κ3) is 2.17. The number of hydrogen-bond acceptors (Lipinski definition) is 4. The van der Waals surface area contributed by atoms with E-state index in [1.165, 1.54) is 25.7 Å². The minimum atomic E-state index is 0.241. The van der Waals surface area contributed by atoms with Crippen molar-refractivity contribution in [2.45, 2.75) is 51.6 Å². The highest BCUT2D eigenvalue weighted by Gasteiger charge is 2.23. The van der Waals surface area contributed by atoms with Gasteiger partial charge in [-0.25, -0.2) is 4.68 Å². The Kier molecular flexibility index (Phi) is 3.30. The van der Waals surface area contributed by atoms with Crippen LogP contribution in [0.3, 0.4) is 0 Å². The number of tetrazole rings is 1. The van der Waals surface area contributed by atoms with Crippen LogP contribution in [0.25, 0.3) is 0 Å². The molecule has 0 saturated heterocycles. The lowest BCUT2D eigenvalue weighted by atomic mass is 10.2. The minimum Gasteiger partial charge on any atom is -0.308 e. The van der Waals surface area contributed by atoms with E-state index in [0.29, 0.717) is 6.04 Å². The molecular formula is C10H19N5. The summed E-state index contributed by atoms with van der Waals surface area (Å²) >= 11 is 0. The van der Waals surface area contributed by atoms with E-state index in [-0.39, 0.29) is 6.04 Å². The molecule has 1 atom stereocenters. The van der Waals surface area contributed by atoms with Gasteiger partial charge in [-0.15, -0.1) is 5.10 Å². The molecule has 15 heavy (non-hydrogen) atoms. The standard InChI is InChI=1S/C10H19N5/c1-3-11-8(2)10-12-13-14-15(10)9-6-4-5-7-9/h8-9,11H,3-7H2,1-2H3. The molecule has 1 unspecified atom stereocenters. The summed E-state index contributed by atoms with van der Waals surface area (Å²) in [7, 11) is 0. The molecule has 5 heteroatoms. The first kappa shape index (κ1) is 10.5. The topological polar surface area (TPSA) is 55.6 Å². The van der Waals surface area contributed by atoms with Crippen LogP contribution < -0.4 is 5.32 Å². The zero-order valence-electron chi connectivity index (χ0n) is 9.48. The Hall–Kier alpha value is -0.970. The molecule has 1 aliphatic rings. The van der Waals surface area contributed by atoms with Crippen LogP contribution in [0.15, 0.2) is 0 Å². The Balaban J connectivity index is 2.13. The highest BCUT2D eigenvalue weighted by atomic mass is 15.6. The Labute approximate surface area is 90.2 Å². The molecule has 1 saturated carbocycles. The predicted octanol–water partition coefficient (Wildman–Crippen LogP) is 1.46. The number of nitrogens with zero attached hydrogens (tertiary/aromatic N) is 4. The second-order valence-electron chi connectivity index (χ2n) is 4.20. The smallest absolute Gasteiger partial charge is 0.168 e. The monoisotopic (exact) mass is 209 g/mol. The van der Waals surface area contributed by atoms with E-state index in [9.17, 15) is 0 Å². The molecule has 5 nitrogen and oxygen atoms in total. The molecule has 1 aromatic rings. The summed E-state index contributed by atoms with van der Waals surface area (Å²) in [5.74, 6) is 0.976. The average Bonchev–Trinajstić information content (AvgIpc) is 2.88. The molecule has 2 rings (SSSR count). The SMILES string of the molecule is CCNC(C)c1nnnn1C1CCCC1. The summed E-state index contributed by atoms with van der Waals surface area (Å²) in [4.78, 5) is 0. The molecule has 0 spiro atoms. The van der Waals surface area contributed by atoms with E-state index >= 15 is 0 Å². The number of hydrogen-bond donors (Lipinski definition) is 1. The zero-order chi connectivity index (χ0) is 10.7. The Morgan fingerprint density at radius 3 is 2.87 bits per heavy atom. The summed E-state index contributed by atoms with van der Waals surface area (Å²) in [6.45, 7) is 5.15. The molecule has 0 bridgehead atoms. The van der Waals surface area contributed by atoms with Crippen molar-refractivity contribution >= 4 is 0 Å². The van der Waals surface area contributed by atoms with Crippen LogP contribution in [0.2, 0.25) is 0 Å². The van der Waals surface area contributed by atoms with Gasteiger partial charge in [0.15, 0.2) is 5.82 Å². The third-order valence-corrected chi connectivity index (χ3v) is 3.09. The van der Waals surface area contributed by atoms with Gasteiger partial charge in [-0.3, -0.25) is 0 Å². The van der Waals surface area contributed by atoms with E-state index in [1.807, 2.05) is 4.68 Å². The fourth-order valence-electron chi connectivity index (χ4n) is 2.29. The van der Waals surface area contributed by atoms with E-state index in [0.717, 1.165) is 12.4 Å². The summed E-state index contributed by atoms with van der Waals surface area (Å²) in [5, 5.41) is 15.4. The van der Waals surface area contributed by atoms with Gasteiger partial charge in [-0.2, -0.15) is 0 Å². The van der Waals surface area contributed by atoms with E-state index in [1.54, 1.807) is 0 Å². The molecule has 84 valence electrons. The fourth-order valence-corrected chi connectivity index (χ4v) is 2.29. The molecule has 0 aromatic carbocycles. The van der Waals surface area contributed by atoms with Crippen molar-refractivity contribution in [3.8, 4) is 0 Å². The minimum absolute atomic E-state index is 0.241. The van der Waals surface area contributed by atoms with Gasteiger partial charge >= 0.3 is 0 Å². The zero-order valence-corrected chi connectivity index (χ0v) is 9.48. The second kappa shape index (κ2) is 4.70. The van der Waals surface area contributed by atoms with Gasteiger partial charge in [0.05, 0.1) is 12.1 Å². The maximum atomic E-state index is 4.12. The van der Waals surface area contributed by atoms with E-state index in [4.69, 9.17) is 0 Å². The van der Waals surface area contributed by atoms with Crippen LogP contribution in [0, 0.1) is 0 Å². The Morgan fingerprint density at radius 2 is 2.20 bits per heavy atom. The summed E-state index contributed by atoms with van der Waals surface area (Å²) in [6.07, 6.45) is 5.05. The molecule has 1 aromatic heterocycles. The van der Waals surface area contributed by atoms with Crippen LogP contribution in [-0.4, -0.2) is 26.8 Å².